The molecule has 0 aliphatic rings. The van der Waals surface area contributed by atoms with Crippen molar-refractivity contribution in [1.29, 1.82) is 0 Å². The fourth-order valence-corrected chi connectivity index (χ4v) is 2.96. The molecular formula is C23H19FN2O4. The summed E-state index contributed by atoms with van der Waals surface area (Å²) < 4.78 is 18.5. The molecule has 0 spiro atoms. The minimum absolute atomic E-state index is 0.0909. The van der Waals surface area contributed by atoms with Crippen LogP contribution in [0.2, 0.25) is 0 Å². The maximum Gasteiger partial charge on any atom is 0.276 e. The van der Waals surface area contributed by atoms with Gasteiger partial charge in [0.1, 0.15) is 11.6 Å². The second-order valence-corrected chi connectivity index (χ2v) is 6.42. The third kappa shape index (κ3) is 5.08. The highest BCUT2D eigenvalue weighted by atomic mass is 19.1. The van der Waals surface area contributed by atoms with Crippen LogP contribution >= 0.6 is 0 Å². The number of nitrogens with zero attached hydrogens (tertiary/aromatic N) is 1. The van der Waals surface area contributed by atoms with E-state index in [-0.39, 0.29) is 11.5 Å². The quantitative estimate of drug-likeness (QED) is 0.351. The molecule has 0 aromatic heterocycles. The molecule has 0 saturated carbocycles. The van der Waals surface area contributed by atoms with E-state index in [4.69, 9.17) is 4.74 Å². The molecule has 0 aliphatic heterocycles. The van der Waals surface area contributed by atoms with Gasteiger partial charge in [-0.05, 0) is 47.5 Å². The largest absolute Gasteiger partial charge is 0.497 e. The number of nitro groups is 1. The second-order valence-electron chi connectivity index (χ2n) is 6.42. The lowest BCUT2D eigenvalue weighted by molar-refractivity contribution is -0.385. The Hall–Kier alpha value is -4.00. The van der Waals surface area contributed by atoms with Gasteiger partial charge in [0.15, 0.2) is 0 Å². The molecular weight excluding hydrogens is 387 g/mol. The molecule has 6 nitrogen and oxygen atoms in total. The third-order valence-corrected chi connectivity index (χ3v) is 4.49. The molecule has 0 aliphatic carbocycles. The zero-order valence-electron chi connectivity index (χ0n) is 16.1. The first kappa shape index (κ1) is 20.7. The van der Waals surface area contributed by atoms with Crippen LogP contribution in [-0.4, -0.2) is 17.9 Å². The van der Waals surface area contributed by atoms with Gasteiger partial charge in [-0.3, -0.25) is 14.9 Å². The first-order valence-corrected chi connectivity index (χ1v) is 9.09. The summed E-state index contributed by atoms with van der Waals surface area (Å²) in [5, 5.41) is 14.0. The lowest BCUT2D eigenvalue weighted by Crippen LogP contribution is -2.27. The molecule has 3 rings (SSSR count). The Balaban J connectivity index is 1.86. The van der Waals surface area contributed by atoms with Crippen molar-refractivity contribution in [2.45, 2.75) is 6.04 Å². The van der Waals surface area contributed by atoms with Gasteiger partial charge in [-0.15, -0.1) is 0 Å². The molecule has 7 heteroatoms. The van der Waals surface area contributed by atoms with Crippen LogP contribution in [-0.2, 0) is 4.79 Å². The highest BCUT2D eigenvalue weighted by Gasteiger charge is 2.17. The summed E-state index contributed by atoms with van der Waals surface area (Å²) in [6.45, 7) is 0. The van der Waals surface area contributed by atoms with Gasteiger partial charge in [0.05, 0.1) is 23.6 Å². The summed E-state index contributed by atoms with van der Waals surface area (Å²) in [6.07, 6.45) is 2.63. The van der Waals surface area contributed by atoms with E-state index < -0.39 is 16.9 Å². The Morgan fingerprint density at radius 3 is 2.23 bits per heavy atom. The number of hydrogen-bond acceptors (Lipinski definition) is 4. The van der Waals surface area contributed by atoms with E-state index in [9.17, 15) is 19.3 Å². The van der Waals surface area contributed by atoms with E-state index in [1.807, 2.05) is 0 Å². The average Bonchev–Trinajstić information content (AvgIpc) is 2.77. The molecule has 30 heavy (non-hydrogen) atoms. The summed E-state index contributed by atoms with van der Waals surface area (Å²) in [5.74, 6) is -0.160. The summed E-state index contributed by atoms with van der Waals surface area (Å²) >= 11 is 0. The second kappa shape index (κ2) is 9.47. The van der Waals surface area contributed by atoms with Crippen LogP contribution in [0.1, 0.15) is 22.7 Å². The minimum Gasteiger partial charge on any atom is -0.497 e. The van der Waals surface area contributed by atoms with Crippen molar-refractivity contribution in [2.75, 3.05) is 7.11 Å². The molecule has 1 atom stereocenters. The predicted molar refractivity (Wildman–Crippen MR) is 112 cm³/mol. The maximum atomic E-state index is 13.4. The molecule has 3 aromatic rings. The third-order valence-electron chi connectivity index (χ3n) is 4.49. The number of rotatable bonds is 7. The zero-order valence-corrected chi connectivity index (χ0v) is 16.1. The fraction of sp³-hybridized carbons (Fsp3) is 0.0870. The van der Waals surface area contributed by atoms with Crippen molar-refractivity contribution in [3.05, 3.63) is 111 Å². The Kier molecular flexibility index (Phi) is 6.54. The van der Waals surface area contributed by atoms with Crippen molar-refractivity contribution in [2.24, 2.45) is 0 Å². The summed E-state index contributed by atoms with van der Waals surface area (Å²) in [4.78, 5) is 23.2. The number of ether oxygens (including phenoxy) is 1. The number of para-hydroxylation sites is 1. The van der Waals surface area contributed by atoms with Crippen molar-refractivity contribution >= 4 is 17.7 Å². The normalized spacial score (nSPS) is 11.8. The van der Waals surface area contributed by atoms with Gasteiger partial charge >= 0.3 is 0 Å². The van der Waals surface area contributed by atoms with Crippen molar-refractivity contribution in [3.8, 4) is 5.75 Å². The first-order chi connectivity index (χ1) is 14.5. The standard InChI is InChI=1S/C23H19FN2O4/c1-30-20-13-8-18(9-14-20)23(17-6-11-19(24)12-7-17)25-22(27)15-10-16-4-2-3-5-21(16)26(28)29/h2-15,23H,1H3,(H,25,27)/b15-10+. The van der Waals surface area contributed by atoms with Crippen molar-refractivity contribution < 1.29 is 18.8 Å². The average molecular weight is 406 g/mol. The number of methoxy groups -OCH3 is 1. The maximum absolute atomic E-state index is 13.4. The SMILES string of the molecule is COc1ccc(C(NC(=O)/C=C/c2ccccc2[N+](=O)[O-])c2ccc(F)cc2)cc1. The molecule has 3 aromatic carbocycles. The number of benzene rings is 3. The monoisotopic (exact) mass is 406 g/mol. The van der Waals surface area contributed by atoms with Crippen LogP contribution in [0.15, 0.2) is 78.9 Å². The van der Waals surface area contributed by atoms with Crippen LogP contribution in [0.4, 0.5) is 10.1 Å². The lowest BCUT2D eigenvalue weighted by Gasteiger charge is -2.19. The molecule has 0 saturated heterocycles. The smallest absolute Gasteiger partial charge is 0.276 e. The number of carbonyl (C=O) groups is 1. The van der Waals surface area contributed by atoms with E-state index in [2.05, 4.69) is 5.32 Å². The van der Waals surface area contributed by atoms with Crippen LogP contribution in [0.3, 0.4) is 0 Å². The molecule has 1 amide bonds. The first-order valence-electron chi connectivity index (χ1n) is 9.09. The van der Waals surface area contributed by atoms with E-state index in [1.165, 1.54) is 30.4 Å². The van der Waals surface area contributed by atoms with E-state index in [0.29, 0.717) is 16.9 Å². The van der Waals surface area contributed by atoms with Gasteiger partial charge in [0.25, 0.3) is 5.69 Å². The van der Waals surface area contributed by atoms with E-state index in [1.54, 1.807) is 61.7 Å². The van der Waals surface area contributed by atoms with Gasteiger partial charge in [-0.1, -0.05) is 36.4 Å². The van der Waals surface area contributed by atoms with Gasteiger partial charge in [-0.2, -0.15) is 0 Å². The predicted octanol–water partition coefficient (Wildman–Crippen LogP) is 4.66. The van der Waals surface area contributed by atoms with Crippen LogP contribution in [0.5, 0.6) is 5.75 Å². The molecule has 0 bridgehead atoms. The number of hydrogen-bond donors (Lipinski definition) is 1. The summed E-state index contributed by atoms with van der Waals surface area (Å²) in [7, 11) is 1.56. The molecule has 152 valence electrons. The number of nitro benzene ring substituents is 1. The minimum atomic E-state index is -0.542. The molecule has 0 heterocycles. The molecule has 0 radical (unpaired) electrons. The molecule has 1 N–H and O–H groups in total. The summed E-state index contributed by atoms with van der Waals surface area (Å²) in [6, 6.07) is 18.6. The highest BCUT2D eigenvalue weighted by molar-refractivity contribution is 5.92. The van der Waals surface area contributed by atoms with E-state index in [0.717, 1.165) is 5.56 Å². The zero-order chi connectivity index (χ0) is 21.5. The van der Waals surface area contributed by atoms with E-state index >= 15 is 0 Å². The summed E-state index contributed by atoms with van der Waals surface area (Å²) in [5.41, 5.74) is 1.69. The van der Waals surface area contributed by atoms with Crippen molar-refractivity contribution in [1.82, 2.24) is 5.32 Å². The number of carbonyl (C=O) groups excluding carboxylic acids is 1. The lowest BCUT2D eigenvalue weighted by atomic mass is 9.98. The number of halogens is 1. The molecule has 1 unspecified atom stereocenters. The van der Waals surface area contributed by atoms with Gasteiger partial charge in [0.2, 0.25) is 5.91 Å². The van der Waals surface area contributed by atoms with Crippen LogP contribution < -0.4 is 10.1 Å². The number of amides is 1. The highest BCUT2D eigenvalue weighted by Crippen LogP contribution is 2.25. The van der Waals surface area contributed by atoms with Gasteiger partial charge in [0, 0.05) is 12.1 Å². The van der Waals surface area contributed by atoms with Crippen molar-refractivity contribution in [3.63, 3.8) is 0 Å². The van der Waals surface area contributed by atoms with Gasteiger partial charge in [-0.25, -0.2) is 4.39 Å². The molecule has 0 fully saturated rings. The van der Waals surface area contributed by atoms with Crippen LogP contribution in [0.25, 0.3) is 6.08 Å². The fourth-order valence-electron chi connectivity index (χ4n) is 2.96. The topological polar surface area (TPSA) is 81.5 Å². The number of nitrogens with one attached hydrogen (secondary N) is 1. The van der Waals surface area contributed by atoms with Crippen LogP contribution in [0, 0.1) is 15.9 Å². The Morgan fingerprint density at radius 1 is 1.03 bits per heavy atom. The Labute approximate surface area is 172 Å². The Morgan fingerprint density at radius 2 is 1.63 bits per heavy atom. The van der Waals surface area contributed by atoms with Gasteiger partial charge < -0.3 is 10.1 Å². The Bertz CT molecular complexity index is 1060.